The second kappa shape index (κ2) is 13.7. The number of para-hydroxylation sites is 1. The Kier molecular flexibility index (Phi) is 9.82. The maximum atomic E-state index is 13.2. The zero-order valence-electron chi connectivity index (χ0n) is 23.8. The van der Waals surface area contributed by atoms with Gasteiger partial charge in [0.15, 0.2) is 0 Å². The van der Waals surface area contributed by atoms with Gasteiger partial charge in [0.25, 0.3) is 21.8 Å². The molecule has 0 aliphatic carbocycles. The third-order valence-electron chi connectivity index (χ3n) is 6.40. The summed E-state index contributed by atoms with van der Waals surface area (Å²) in [6, 6.07) is 28.0. The van der Waals surface area contributed by atoms with Gasteiger partial charge in [-0.25, -0.2) is 8.42 Å². The van der Waals surface area contributed by atoms with E-state index in [1.165, 1.54) is 12.0 Å². The highest BCUT2D eigenvalue weighted by molar-refractivity contribution is 7.92. The molecule has 4 rings (SSSR count). The number of ether oxygens (including phenoxy) is 1. The minimum absolute atomic E-state index is 0.0910. The van der Waals surface area contributed by atoms with E-state index in [1.54, 1.807) is 80.8 Å². The van der Waals surface area contributed by atoms with E-state index in [0.717, 1.165) is 11.1 Å². The van der Waals surface area contributed by atoms with E-state index in [-0.39, 0.29) is 16.7 Å². The maximum absolute atomic E-state index is 13.2. The average Bonchev–Trinajstić information content (AvgIpc) is 2.99. The van der Waals surface area contributed by atoms with Gasteiger partial charge in [0.2, 0.25) is 0 Å². The molecular formula is C32H34N4O5S. The molecule has 4 aromatic rings. The fourth-order valence-corrected chi connectivity index (χ4v) is 5.47. The molecule has 42 heavy (non-hydrogen) atoms. The molecule has 0 bridgehead atoms. The standard InChI is InChI=1S/C32H34N4O5S/c1-36(2)32(38)25-11-6-9-23(20-25)19-24-10-7-14-28(21-24)42(39,40)35-27-13-8-12-26(22-27)33-17-18-34-31(37)29-15-4-5-16-30(29)41-3/h4-16,20-22,33,35H,17-19H2,1-3H3,(H,34,37). The molecule has 0 unspecified atom stereocenters. The van der Waals surface area contributed by atoms with Crippen molar-refractivity contribution in [2.45, 2.75) is 11.3 Å². The second-order valence-electron chi connectivity index (χ2n) is 9.79. The lowest BCUT2D eigenvalue weighted by atomic mass is 10.0. The van der Waals surface area contributed by atoms with Crippen molar-refractivity contribution in [1.29, 1.82) is 0 Å². The summed E-state index contributed by atoms with van der Waals surface area (Å²) in [6.45, 7) is 0.784. The molecule has 2 amide bonds. The van der Waals surface area contributed by atoms with Crippen molar-refractivity contribution in [2.75, 3.05) is 44.3 Å². The van der Waals surface area contributed by atoms with Gasteiger partial charge in [-0.05, 0) is 72.1 Å². The Morgan fingerprint density at radius 3 is 2.24 bits per heavy atom. The molecule has 0 saturated carbocycles. The van der Waals surface area contributed by atoms with Crippen molar-refractivity contribution in [2.24, 2.45) is 0 Å². The molecule has 0 atom stereocenters. The smallest absolute Gasteiger partial charge is 0.261 e. The molecule has 0 saturated heterocycles. The van der Waals surface area contributed by atoms with Gasteiger partial charge >= 0.3 is 0 Å². The van der Waals surface area contributed by atoms with Crippen molar-refractivity contribution in [3.8, 4) is 5.75 Å². The van der Waals surface area contributed by atoms with E-state index in [0.29, 0.717) is 47.8 Å². The van der Waals surface area contributed by atoms with E-state index >= 15 is 0 Å². The normalized spacial score (nSPS) is 10.9. The number of nitrogens with one attached hydrogen (secondary N) is 3. The first-order valence-corrected chi connectivity index (χ1v) is 14.8. The molecule has 0 fully saturated rings. The van der Waals surface area contributed by atoms with Gasteiger partial charge in [0, 0.05) is 38.4 Å². The number of rotatable bonds is 12. The summed E-state index contributed by atoms with van der Waals surface area (Å²) in [7, 11) is 1.06. The van der Waals surface area contributed by atoms with Gasteiger partial charge in [0.1, 0.15) is 5.75 Å². The molecule has 3 N–H and O–H groups in total. The Hall–Kier alpha value is -4.83. The number of nitrogens with zero attached hydrogens (tertiary/aromatic N) is 1. The highest BCUT2D eigenvalue weighted by Gasteiger charge is 2.16. The summed E-state index contributed by atoms with van der Waals surface area (Å²) in [5.74, 6) is 0.165. The quantitative estimate of drug-likeness (QED) is 0.209. The Bertz CT molecular complexity index is 1670. The molecular weight excluding hydrogens is 552 g/mol. The summed E-state index contributed by atoms with van der Waals surface area (Å²) in [5.41, 5.74) is 3.84. The minimum atomic E-state index is -3.86. The zero-order chi connectivity index (χ0) is 30.1. The Balaban J connectivity index is 1.36. The third kappa shape index (κ3) is 7.88. The van der Waals surface area contributed by atoms with Crippen LogP contribution >= 0.6 is 0 Å². The third-order valence-corrected chi connectivity index (χ3v) is 7.78. The Morgan fingerprint density at radius 1 is 0.786 bits per heavy atom. The number of methoxy groups -OCH3 is 1. The van der Waals surface area contributed by atoms with Crippen LogP contribution in [0.2, 0.25) is 0 Å². The molecule has 10 heteroatoms. The fourth-order valence-electron chi connectivity index (χ4n) is 4.35. The highest BCUT2D eigenvalue weighted by Crippen LogP contribution is 2.22. The lowest BCUT2D eigenvalue weighted by molar-refractivity contribution is 0.0827. The SMILES string of the molecule is COc1ccccc1C(=O)NCCNc1cccc(NS(=O)(=O)c2cccc(Cc3cccc(C(=O)N(C)C)c3)c2)c1. The Morgan fingerprint density at radius 2 is 1.48 bits per heavy atom. The van der Waals surface area contributed by atoms with Crippen LogP contribution in [0.3, 0.4) is 0 Å². The number of hydrogen-bond donors (Lipinski definition) is 3. The molecule has 9 nitrogen and oxygen atoms in total. The number of benzene rings is 4. The zero-order valence-corrected chi connectivity index (χ0v) is 24.6. The van der Waals surface area contributed by atoms with Crippen molar-refractivity contribution in [3.05, 3.63) is 119 Å². The van der Waals surface area contributed by atoms with Crippen molar-refractivity contribution in [3.63, 3.8) is 0 Å². The topological polar surface area (TPSA) is 117 Å². The molecule has 218 valence electrons. The predicted molar refractivity (Wildman–Crippen MR) is 165 cm³/mol. The first kappa shape index (κ1) is 30.1. The number of carbonyl (C=O) groups excluding carboxylic acids is 2. The fraction of sp³-hybridized carbons (Fsp3) is 0.188. The van der Waals surface area contributed by atoms with Gasteiger partial charge < -0.3 is 20.3 Å². The van der Waals surface area contributed by atoms with Gasteiger partial charge in [0.05, 0.1) is 23.3 Å². The summed E-state index contributed by atoms with van der Waals surface area (Å²) in [5, 5.41) is 6.04. The van der Waals surface area contributed by atoms with Crippen LogP contribution in [0.4, 0.5) is 11.4 Å². The van der Waals surface area contributed by atoms with E-state index in [4.69, 9.17) is 4.74 Å². The van der Waals surface area contributed by atoms with E-state index in [9.17, 15) is 18.0 Å². The van der Waals surface area contributed by atoms with Gasteiger partial charge in [-0.2, -0.15) is 0 Å². The summed E-state index contributed by atoms with van der Waals surface area (Å²) < 4.78 is 34.3. The van der Waals surface area contributed by atoms with E-state index < -0.39 is 10.0 Å². The number of sulfonamides is 1. The van der Waals surface area contributed by atoms with Crippen LogP contribution in [-0.2, 0) is 16.4 Å². The van der Waals surface area contributed by atoms with E-state index in [2.05, 4.69) is 15.4 Å². The number of carbonyl (C=O) groups is 2. The molecule has 0 aliphatic rings. The minimum Gasteiger partial charge on any atom is -0.496 e. The van der Waals surface area contributed by atoms with Gasteiger partial charge in [-0.1, -0.05) is 42.5 Å². The first-order chi connectivity index (χ1) is 20.2. The molecule has 0 radical (unpaired) electrons. The lowest BCUT2D eigenvalue weighted by Gasteiger charge is -2.13. The van der Waals surface area contributed by atoms with Gasteiger partial charge in [-0.3, -0.25) is 14.3 Å². The second-order valence-corrected chi connectivity index (χ2v) is 11.5. The number of hydrogen-bond acceptors (Lipinski definition) is 6. The monoisotopic (exact) mass is 586 g/mol. The molecule has 0 aromatic heterocycles. The largest absolute Gasteiger partial charge is 0.496 e. The summed E-state index contributed by atoms with van der Waals surface area (Å²) in [4.78, 5) is 26.4. The van der Waals surface area contributed by atoms with Gasteiger partial charge in [-0.15, -0.1) is 0 Å². The molecule has 0 heterocycles. The highest BCUT2D eigenvalue weighted by atomic mass is 32.2. The predicted octanol–water partition coefficient (Wildman–Crippen LogP) is 4.63. The van der Waals surface area contributed by atoms with E-state index in [1.807, 2.05) is 30.3 Å². The van der Waals surface area contributed by atoms with Crippen molar-refractivity contribution >= 4 is 33.2 Å². The van der Waals surface area contributed by atoms with Crippen molar-refractivity contribution < 1.29 is 22.7 Å². The number of anilines is 2. The van der Waals surface area contributed by atoms with Crippen LogP contribution in [0.15, 0.2) is 102 Å². The first-order valence-electron chi connectivity index (χ1n) is 13.3. The summed E-state index contributed by atoms with van der Waals surface area (Å²) >= 11 is 0. The molecule has 0 aliphatic heterocycles. The van der Waals surface area contributed by atoms with Crippen LogP contribution < -0.4 is 20.1 Å². The van der Waals surface area contributed by atoms with Crippen LogP contribution in [0.25, 0.3) is 0 Å². The van der Waals surface area contributed by atoms with Crippen LogP contribution in [0.5, 0.6) is 5.75 Å². The summed E-state index contributed by atoms with van der Waals surface area (Å²) in [6.07, 6.45) is 0.477. The maximum Gasteiger partial charge on any atom is 0.261 e. The van der Waals surface area contributed by atoms with Crippen molar-refractivity contribution in [1.82, 2.24) is 10.2 Å². The Labute approximate surface area is 246 Å². The lowest BCUT2D eigenvalue weighted by Crippen LogP contribution is -2.29. The average molecular weight is 587 g/mol. The van der Waals surface area contributed by atoms with Crippen LogP contribution in [0, 0.1) is 0 Å². The van der Waals surface area contributed by atoms with Crippen LogP contribution in [-0.4, -0.2) is 59.4 Å². The molecule has 0 spiro atoms. The van der Waals surface area contributed by atoms with Crippen LogP contribution in [0.1, 0.15) is 31.8 Å². The number of amides is 2. The molecule has 4 aromatic carbocycles.